The van der Waals surface area contributed by atoms with Crippen LogP contribution in [0.5, 0.6) is 0 Å². The number of rotatable bonds is 5. The lowest BCUT2D eigenvalue weighted by Gasteiger charge is -2.13. The Morgan fingerprint density at radius 1 is 1.50 bits per heavy atom. The van der Waals surface area contributed by atoms with E-state index in [1.807, 2.05) is 13.2 Å². The van der Waals surface area contributed by atoms with Crippen LogP contribution >= 0.6 is 11.8 Å². The summed E-state index contributed by atoms with van der Waals surface area (Å²) in [5.41, 5.74) is 0. The lowest BCUT2D eigenvalue weighted by atomic mass is 10.4. The predicted octanol–water partition coefficient (Wildman–Crippen LogP) is 1.04. The van der Waals surface area contributed by atoms with E-state index in [0.717, 1.165) is 5.03 Å². The molecular weight excluding hydrogens is 246 g/mol. The maximum absolute atomic E-state index is 11.1. The molecule has 0 fully saturated rings. The van der Waals surface area contributed by atoms with Crippen molar-refractivity contribution in [2.45, 2.75) is 18.0 Å². The molecule has 0 amide bonds. The molecule has 1 N–H and O–H groups in total. The molecule has 0 radical (unpaired) electrons. The summed E-state index contributed by atoms with van der Waals surface area (Å²) in [5, 5.41) is 3.88. The monoisotopic (exact) mass is 261 g/mol. The van der Waals surface area contributed by atoms with E-state index in [-0.39, 0.29) is 11.8 Å². The minimum absolute atomic E-state index is 0.0889. The largest absolute Gasteiger partial charge is 0.366 e. The van der Waals surface area contributed by atoms with E-state index in [1.54, 1.807) is 6.07 Å². The zero-order valence-corrected chi connectivity index (χ0v) is 11.1. The second-order valence-corrected chi connectivity index (χ2v) is 6.59. The van der Waals surface area contributed by atoms with Gasteiger partial charge in [-0.1, -0.05) is 0 Å². The highest BCUT2D eigenvalue weighted by molar-refractivity contribution is 7.98. The highest BCUT2D eigenvalue weighted by Crippen LogP contribution is 2.14. The van der Waals surface area contributed by atoms with Gasteiger partial charge in [-0.05, 0) is 13.2 Å². The summed E-state index contributed by atoms with van der Waals surface area (Å²) >= 11 is 1.51. The molecule has 1 aromatic heterocycles. The Hall–Kier alpha value is -0.820. The molecule has 1 unspecified atom stereocenters. The van der Waals surface area contributed by atoms with Gasteiger partial charge >= 0.3 is 0 Å². The summed E-state index contributed by atoms with van der Waals surface area (Å²) in [4.78, 5) is 8.06. The molecule has 90 valence electrons. The molecule has 0 bridgehead atoms. The van der Waals surface area contributed by atoms with Crippen molar-refractivity contribution in [2.75, 3.05) is 23.6 Å². The zero-order valence-electron chi connectivity index (χ0n) is 9.47. The minimum Gasteiger partial charge on any atom is -0.366 e. The number of nitrogens with one attached hydrogen (secondary N) is 1. The average Bonchev–Trinajstić information content (AvgIpc) is 2.15. The molecule has 1 aromatic rings. The van der Waals surface area contributed by atoms with Crippen molar-refractivity contribution in [3.63, 3.8) is 0 Å². The van der Waals surface area contributed by atoms with Crippen molar-refractivity contribution < 1.29 is 8.42 Å². The molecule has 0 spiro atoms. The van der Waals surface area contributed by atoms with Crippen molar-refractivity contribution >= 4 is 27.4 Å². The molecule has 0 aromatic carbocycles. The predicted molar refractivity (Wildman–Crippen MR) is 66.6 cm³/mol. The van der Waals surface area contributed by atoms with Gasteiger partial charge in [-0.3, -0.25) is 0 Å². The summed E-state index contributed by atoms with van der Waals surface area (Å²) in [6.07, 6.45) is 4.60. The SMILES string of the molecule is CSc1cc(NC(C)CS(C)(=O)=O)ncn1. The Kier molecular flexibility index (Phi) is 4.55. The summed E-state index contributed by atoms with van der Waals surface area (Å²) in [7, 11) is -2.97. The molecule has 0 aliphatic heterocycles. The van der Waals surface area contributed by atoms with Crippen LogP contribution in [0, 0.1) is 0 Å². The first-order chi connectivity index (χ1) is 7.40. The normalized spacial score (nSPS) is 13.4. The number of nitrogens with zero attached hydrogens (tertiary/aromatic N) is 2. The van der Waals surface area contributed by atoms with Crippen LogP contribution in [0.4, 0.5) is 5.82 Å². The molecular formula is C9H15N3O2S2. The third-order valence-corrected chi connectivity index (χ3v) is 3.55. The summed E-state index contributed by atoms with van der Waals surface area (Å²) < 4.78 is 22.2. The second kappa shape index (κ2) is 5.49. The van der Waals surface area contributed by atoms with Gasteiger partial charge in [-0.2, -0.15) is 0 Å². The number of thioether (sulfide) groups is 1. The molecule has 1 heterocycles. The van der Waals surface area contributed by atoms with E-state index >= 15 is 0 Å². The fourth-order valence-electron chi connectivity index (χ4n) is 1.28. The first-order valence-corrected chi connectivity index (χ1v) is 7.99. The summed E-state index contributed by atoms with van der Waals surface area (Å²) in [6.45, 7) is 1.81. The average molecular weight is 261 g/mol. The molecule has 0 saturated carbocycles. The smallest absolute Gasteiger partial charge is 0.149 e. The Morgan fingerprint density at radius 2 is 2.19 bits per heavy atom. The number of hydrogen-bond donors (Lipinski definition) is 1. The van der Waals surface area contributed by atoms with E-state index in [0.29, 0.717) is 5.82 Å². The quantitative estimate of drug-likeness (QED) is 0.631. The van der Waals surface area contributed by atoms with Crippen LogP contribution in [0.1, 0.15) is 6.92 Å². The number of sulfone groups is 1. The maximum Gasteiger partial charge on any atom is 0.149 e. The van der Waals surface area contributed by atoms with Crippen LogP contribution in [0.15, 0.2) is 17.4 Å². The van der Waals surface area contributed by atoms with E-state index in [9.17, 15) is 8.42 Å². The Bertz CT molecular complexity index is 448. The van der Waals surface area contributed by atoms with Crippen molar-refractivity contribution in [3.8, 4) is 0 Å². The third-order valence-electron chi connectivity index (χ3n) is 1.80. The van der Waals surface area contributed by atoms with Gasteiger partial charge in [0.15, 0.2) is 0 Å². The fourth-order valence-corrected chi connectivity index (χ4v) is 2.65. The van der Waals surface area contributed by atoms with E-state index in [4.69, 9.17) is 0 Å². The minimum atomic E-state index is -2.97. The summed E-state index contributed by atoms with van der Waals surface area (Å²) in [6, 6.07) is 1.63. The van der Waals surface area contributed by atoms with E-state index < -0.39 is 9.84 Å². The Balaban J connectivity index is 2.65. The first-order valence-electron chi connectivity index (χ1n) is 4.71. The molecule has 1 atom stereocenters. The number of anilines is 1. The van der Waals surface area contributed by atoms with Gasteiger partial charge in [-0.15, -0.1) is 11.8 Å². The third kappa shape index (κ3) is 4.80. The Labute approximate surface area is 100.0 Å². The van der Waals surface area contributed by atoms with Crippen LogP contribution in [-0.4, -0.2) is 42.7 Å². The molecule has 1 rings (SSSR count). The van der Waals surface area contributed by atoms with Gasteiger partial charge in [0, 0.05) is 18.4 Å². The van der Waals surface area contributed by atoms with Crippen LogP contribution in [0.25, 0.3) is 0 Å². The van der Waals surface area contributed by atoms with Crippen LogP contribution < -0.4 is 5.32 Å². The van der Waals surface area contributed by atoms with Crippen LogP contribution in [0.3, 0.4) is 0 Å². The molecule has 16 heavy (non-hydrogen) atoms. The Morgan fingerprint density at radius 3 is 2.75 bits per heavy atom. The van der Waals surface area contributed by atoms with Crippen molar-refractivity contribution in [1.82, 2.24) is 9.97 Å². The molecule has 0 aliphatic rings. The van der Waals surface area contributed by atoms with Crippen LogP contribution in [-0.2, 0) is 9.84 Å². The van der Waals surface area contributed by atoms with E-state index in [1.165, 1.54) is 24.3 Å². The summed E-state index contributed by atoms with van der Waals surface area (Å²) in [5.74, 6) is 0.738. The zero-order chi connectivity index (χ0) is 12.2. The molecule has 7 heteroatoms. The van der Waals surface area contributed by atoms with Crippen molar-refractivity contribution in [3.05, 3.63) is 12.4 Å². The fraction of sp³-hybridized carbons (Fsp3) is 0.556. The van der Waals surface area contributed by atoms with Gasteiger partial charge in [0.25, 0.3) is 0 Å². The molecule has 5 nitrogen and oxygen atoms in total. The van der Waals surface area contributed by atoms with Gasteiger partial charge in [0.05, 0.1) is 5.75 Å². The highest BCUT2D eigenvalue weighted by Gasteiger charge is 2.10. The maximum atomic E-state index is 11.1. The number of hydrogen-bond acceptors (Lipinski definition) is 6. The van der Waals surface area contributed by atoms with Gasteiger partial charge < -0.3 is 5.32 Å². The lowest BCUT2D eigenvalue weighted by Crippen LogP contribution is -2.25. The first kappa shape index (κ1) is 13.2. The van der Waals surface area contributed by atoms with Gasteiger partial charge in [0.1, 0.15) is 27.0 Å². The van der Waals surface area contributed by atoms with E-state index in [2.05, 4.69) is 15.3 Å². The van der Waals surface area contributed by atoms with Gasteiger partial charge in [-0.25, -0.2) is 18.4 Å². The number of aromatic nitrogens is 2. The second-order valence-electron chi connectivity index (χ2n) is 3.58. The highest BCUT2D eigenvalue weighted by atomic mass is 32.2. The standard InChI is InChI=1S/C9H15N3O2S2/c1-7(5-16(3,13)14)12-8-4-9(15-2)11-6-10-8/h4,6-7H,5H2,1-3H3,(H,10,11,12). The van der Waals surface area contributed by atoms with Crippen molar-refractivity contribution in [1.29, 1.82) is 0 Å². The van der Waals surface area contributed by atoms with Crippen molar-refractivity contribution in [2.24, 2.45) is 0 Å². The molecule has 0 saturated heterocycles. The van der Waals surface area contributed by atoms with Gasteiger partial charge in [0.2, 0.25) is 0 Å². The van der Waals surface area contributed by atoms with Crippen LogP contribution in [0.2, 0.25) is 0 Å². The molecule has 0 aliphatic carbocycles. The topological polar surface area (TPSA) is 72.0 Å². The lowest BCUT2D eigenvalue weighted by molar-refractivity contribution is 0.598.